The Hall–Kier alpha value is -1.48. The van der Waals surface area contributed by atoms with E-state index in [0.717, 1.165) is 22.4 Å². The maximum atomic E-state index is 12.9. The van der Waals surface area contributed by atoms with Crippen molar-refractivity contribution in [3.63, 3.8) is 0 Å². The number of anilines is 1. The Morgan fingerprint density at radius 1 is 1.07 bits per heavy atom. The van der Waals surface area contributed by atoms with Crippen molar-refractivity contribution < 1.29 is 17.9 Å². The number of nitrogens with one attached hydrogen (secondary N) is 1. The van der Waals surface area contributed by atoms with E-state index in [1.807, 2.05) is 32.9 Å². The van der Waals surface area contributed by atoms with Gasteiger partial charge in [0.1, 0.15) is 0 Å². The monoisotopic (exact) mass is 395 g/mol. The molecule has 2 heterocycles. The molecule has 0 bridgehead atoms. The number of morpholine rings is 1. The maximum absolute atomic E-state index is 12.9. The molecule has 1 amide bonds. The Labute approximate surface area is 161 Å². The van der Waals surface area contributed by atoms with Crippen LogP contribution in [0.4, 0.5) is 5.69 Å². The molecule has 7 nitrogen and oxygen atoms in total. The molecule has 27 heavy (non-hydrogen) atoms. The summed E-state index contributed by atoms with van der Waals surface area (Å²) >= 11 is 0. The second-order valence-electron chi connectivity index (χ2n) is 7.48. The molecular weight excluding hydrogens is 366 g/mol. The van der Waals surface area contributed by atoms with Crippen molar-refractivity contribution in [2.75, 3.05) is 44.7 Å². The molecule has 8 heteroatoms. The van der Waals surface area contributed by atoms with Crippen molar-refractivity contribution >= 4 is 21.8 Å². The summed E-state index contributed by atoms with van der Waals surface area (Å²) in [5, 5.41) is 3.03. The van der Waals surface area contributed by atoms with Gasteiger partial charge in [-0.15, -0.1) is 0 Å². The zero-order valence-corrected chi connectivity index (χ0v) is 17.1. The summed E-state index contributed by atoms with van der Waals surface area (Å²) in [5.74, 6) is -0.443. The molecule has 2 aliphatic heterocycles. The number of carbonyl (C=O) groups is 1. The third kappa shape index (κ3) is 4.51. The number of hydrogen-bond donors (Lipinski definition) is 1. The summed E-state index contributed by atoms with van der Waals surface area (Å²) in [4.78, 5) is 12.8. The van der Waals surface area contributed by atoms with Gasteiger partial charge in [-0.1, -0.05) is 17.7 Å². The van der Waals surface area contributed by atoms with Crippen molar-refractivity contribution in [1.29, 1.82) is 0 Å². The molecule has 0 saturated carbocycles. The van der Waals surface area contributed by atoms with Gasteiger partial charge in [0.25, 0.3) is 10.2 Å². The van der Waals surface area contributed by atoms with Crippen molar-refractivity contribution in [2.45, 2.75) is 33.6 Å². The highest BCUT2D eigenvalue weighted by Crippen LogP contribution is 2.26. The fraction of sp³-hybridized carbons (Fsp3) is 0.632. The SMILES string of the molecule is Cc1cc(C)c(NC(=O)C2CCCN(S(=O)(=O)N3CCOCC3)C2)c(C)c1. The highest BCUT2D eigenvalue weighted by Gasteiger charge is 2.36. The number of amides is 1. The standard InChI is InChI=1S/C19H29N3O4S/c1-14-11-15(2)18(16(3)12-14)20-19(23)17-5-4-6-22(13-17)27(24,25)21-7-9-26-10-8-21/h11-12,17H,4-10,13H2,1-3H3,(H,20,23). The largest absolute Gasteiger partial charge is 0.379 e. The van der Waals surface area contributed by atoms with Crippen molar-refractivity contribution in [3.8, 4) is 0 Å². The molecule has 3 rings (SSSR count). The van der Waals surface area contributed by atoms with Gasteiger partial charge < -0.3 is 10.1 Å². The first-order valence-electron chi connectivity index (χ1n) is 9.50. The summed E-state index contributed by atoms with van der Waals surface area (Å²) in [5.41, 5.74) is 4.03. The van der Waals surface area contributed by atoms with Gasteiger partial charge >= 0.3 is 0 Å². The molecule has 1 unspecified atom stereocenters. The third-order valence-corrected chi connectivity index (χ3v) is 7.30. The molecule has 0 spiro atoms. The molecule has 0 aromatic heterocycles. The number of benzene rings is 1. The normalized spacial score (nSPS) is 22.6. The third-order valence-electron chi connectivity index (χ3n) is 5.30. The summed E-state index contributed by atoms with van der Waals surface area (Å²) in [7, 11) is -3.54. The van der Waals surface area contributed by atoms with Crippen LogP contribution in [0.1, 0.15) is 29.5 Å². The number of nitrogens with zero attached hydrogens (tertiary/aromatic N) is 2. The Bertz CT molecular complexity index is 780. The van der Waals surface area contributed by atoms with Crippen LogP contribution in [0.2, 0.25) is 0 Å². The molecule has 2 fully saturated rings. The molecule has 2 saturated heterocycles. The lowest BCUT2D eigenvalue weighted by Crippen LogP contribution is -2.52. The minimum atomic E-state index is -3.54. The molecular formula is C19H29N3O4S. The van der Waals surface area contributed by atoms with Gasteiger partial charge in [-0.3, -0.25) is 4.79 Å². The van der Waals surface area contributed by atoms with Gasteiger partial charge in [-0.2, -0.15) is 17.0 Å². The van der Waals surface area contributed by atoms with Crippen molar-refractivity contribution in [2.24, 2.45) is 5.92 Å². The van der Waals surface area contributed by atoms with Crippen LogP contribution in [-0.2, 0) is 19.7 Å². The molecule has 1 atom stereocenters. The Balaban J connectivity index is 1.70. The van der Waals surface area contributed by atoms with Gasteiger partial charge in [0, 0.05) is 31.9 Å². The van der Waals surface area contributed by atoms with E-state index in [0.29, 0.717) is 45.7 Å². The summed E-state index contributed by atoms with van der Waals surface area (Å²) in [6.45, 7) is 8.26. The summed E-state index contributed by atoms with van der Waals surface area (Å²) in [6, 6.07) is 4.08. The van der Waals surface area contributed by atoms with Gasteiger partial charge in [-0.05, 0) is 44.7 Å². The molecule has 1 N–H and O–H groups in total. The van der Waals surface area contributed by atoms with Crippen LogP contribution < -0.4 is 5.32 Å². The zero-order chi connectivity index (χ0) is 19.6. The maximum Gasteiger partial charge on any atom is 0.282 e. The predicted octanol–water partition coefficient (Wildman–Crippen LogP) is 1.84. The predicted molar refractivity (Wildman–Crippen MR) is 105 cm³/mol. The molecule has 1 aromatic rings. The molecule has 0 radical (unpaired) electrons. The van der Waals surface area contributed by atoms with E-state index in [9.17, 15) is 13.2 Å². The second-order valence-corrected chi connectivity index (χ2v) is 9.41. The number of hydrogen-bond acceptors (Lipinski definition) is 4. The van der Waals surface area contributed by atoms with Crippen LogP contribution in [0.15, 0.2) is 12.1 Å². The molecule has 0 aliphatic carbocycles. The van der Waals surface area contributed by atoms with Crippen LogP contribution >= 0.6 is 0 Å². The van der Waals surface area contributed by atoms with E-state index in [4.69, 9.17) is 4.74 Å². The average Bonchev–Trinajstić information content (AvgIpc) is 2.65. The Morgan fingerprint density at radius 3 is 2.33 bits per heavy atom. The minimum absolute atomic E-state index is 0.105. The van der Waals surface area contributed by atoms with Gasteiger partial charge in [0.2, 0.25) is 5.91 Å². The Kier molecular flexibility index (Phi) is 6.20. The summed E-state index contributed by atoms with van der Waals surface area (Å²) < 4.78 is 33.9. The fourth-order valence-corrected chi connectivity index (χ4v) is 5.57. The van der Waals surface area contributed by atoms with E-state index in [-0.39, 0.29) is 18.4 Å². The molecule has 1 aromatic carbocycles. The quantitative estimate of drug-likeness (QED) is 0.844. The van der Waals surface area contributed by atoms with E-state index in [2.05, 4.69) is 5.32 Å². The van der Waals surface area contributed by atoms with Gasteiger partial charge in [0.15, 0.2) is 0 Å². The lowest BCUT2D eigenvalue weighted by atomic mass is 9.98. The highest BCUT2D eigenvalue weighted by atomic mass is 32.2. The fourth-order valence-electron chi connectivity index (χ4n) is 3.91. The first kappa shape index (κ1) is 20.3. The lowest BCUT2D eigenvalue weighted by molar-refractivity contribution is -0.120. The Morgan fingerprint density at radius 2 is 1.70 bits per heavy atom. The topological polar surface area (TPSA) is 79.0 Å². The van der Waals surface area contributed by atoms with E-state index in [1.165, 1.54) is 8.61 Å². The number of piperidine rings is 1. The number of rotatable bonds is 4. The molecule has 150 valence electrons. The van der Waals surface area contributed by atoms with Crippen molar-refractivity contribution in [1.82, 2.24) is 8.61 Å². The zero-order valence-electron chi connectivity index (χ0n) is 16.3. The van der Waals surface area contributed by atoms with Gasteiger partial charge in [0.05, 0.1) is 19.1 Å². The van der Waals surface area contributed by atoms with E-state index >= 15 is 0 Å². The smallest absolute Gasteiger partial charge is 0.282 e. The minimum Gasteiger partial charge on any atom is -0.379 e. The van der Waals surface area contributed by atoms with Crippen LogP contribution in [0, 0.1) is 26.7 Å². The number of ether oxygens (including phenoxy) is 1. The van der Waals surface area contributed by atoms with Crippen LogP contribution in [0.5, 0.6) is 0 Å². The van der Waals surface area contributed by atoms with Gasteiger partial charge in [-0.25, -0.2) is 0 Å². The van der Waals surface area contributed by atoms with E-state index < -0.39 is 10.2 Å². The van der Waals surface area contributed by atoms with E-state index in [1.54, 1.807) is 0 Å². The number of aryl methyl sites for hydroxylation is 3. The van der Waals surface area contributed by atoms with Crippen LogP contribution in [-0.4, -0.2) is 62.3 Å². The lowest BCUT2D eigenvalue weighted by Gasteiger charge is -2.36. The number of carbonyl (C=O) groups excluding carboxylic acids is 1. The first-order valence-corrected chi connectivity index (χ1v) is 10.9. The molecule has 2 aliphatic rings. The first-order chi connectivity index (χ1) is 12.8. The summed E-state index contributed by atoms with van der Waals surface area (Å²) in [6.07, 6.45) is 1.39. The highest BCUT2D eigenvalue weighted by molar-refractivity contribution is 7.86. The average molecular weight is 396 g/mol. The van der Waals surface area contributed by atoms with Crippen molar-refractivity contribution in [3.05, 3.63) is 28.8 Å². The van der Waals surface area contributed by atoms with Crippen LogP contribution in [0.3, 0.4) is 0 Å². The van der Waals surface area contributed by atoms with Crippen LogP contribution in [0.25, 0.3) is 0 Å². The second kappa shape index (κ2) is 8.26.